The highest BCUT2D eigenvalue weighted by Crippen LogP contribution is 2.38. The second kappa shape index (κ2) is 4.60. The molecule has 3 aromatic carbocycles. The minimum atomic E-state index is 0.0686. The van der Waals surface area contributed by atoms with Crippen LogP contribution in [0.3, 0.4) is 0 Å². The Kier molecular flexibility index (Phi) is 2.61. The highest BCUT2D eigenvalue weighted by molar-refractivity contribution is 6.21. The first-order valence-electron chi connectivity index (χ1n) is 6.84. The summed E-state index contributed by atoms with van der Waals surface area (Å²) in [6, 6.07) is 23.0. The summed E-state index contributed by atoms with van der Waals surface area (Å²) >= 11 is 0. The van der Waals surface area contributed by atoms with Crippen molar-refractivity contribution in [1.82, 2.24) is 0 Å². The quantitative estimate of drug-likeness (QED) is 0.529. The number of hydrogen-bond acceptors (Lipinski definition) is 2. The van der Waals surface area contributed by atoms with E-state index in [0.717, 1.165) is 22.4 Å². The van der Waals surface area contributed by atoms with E-state index in [2.05, 4.69) is 0 Å². The van der Waals surface area contributed by atoms with Crippen LogP contribution in [0.2, 0.25) is 0 Å². The molecular formula is C19H12O2. The van der Waals surface area contributed by atoms with Crippen LogP contribution in [0.1, 0.15) is 15.9 Å². The molecule has 0 N–H and O–H groups in total. The molecule has 1 aliphatic carbocycles. The number of hydrogen-bond donors (Lipinski definition) is 0. The second-order valence-electron chi connectivity index (χ2n) is 5.00. The van der Waals surface area contributed by atoms with E-state index < -0.39 is 0 Å². The number of para-hydroxylation sites is 1. The minimum absolute atomic E-state index is 0.0686. The summed E-state index contributed by atoms with van der Waals surface area (Å²) in [5.41, 5.74) is 3.47. The van der Waals surface area contributed by atoms with Crippen molar-refractivity contribution in [2.24, 2.45) is 0 Å². The number of rotatable bonds is 2. The Hall–Kier alpha value is -2.87. The van der Waals surface area contributed by atoms with Crippen LogP contribution in [0.15, 0.2) is 72.8 Å². The van der Waals surface area contributed by atoms with E-state index in [1.54, 1.807) is 0 Å². The van der Waals surface area contributed by atoms with Crippen LogP contribution in [0, 0.1) is 0 Å². The SMILES string of the molecule is O=C1c2ccccc2-c2ccc(Oc3ccccc3)cc21. The number of fused-ring (bicyclic) bond motifs is 3. The first-order valence-corrected chi connectivity index (χ1v) is 6.84. The fourth-order valence-electron chi connectivity index (χ4n) is 2.70. The maximum absolute atomic E-state index is 12.4. The number of carbonyl (C=O) groups is 1. The lowest BCUT2D eigenvalue weighted by Crippen LogP contribution is -1.95. The number of ketones is 1. The van der Waals surface area contributed by atoms with Gasteiger partial charge in [-0.1, -0.05) is 42.5 Å². The van der Waals surface area contributed by atoms with Gasteiger partial charge in [0.1, 0.15) is 11.5 Å². The zero-order chi connectivity index (χ0) is 14.2. The van der Waals surface area contributed by atoms with Crippen molar-refractivity contribution in [3.63, 3.8) is 0 Å². The molecule has 0 atom stereocenters. The first kappa shape index (κ1) is 11.9. The summed E-state index contributed by atoms with van der Waals surface area (Å²) in [5.74, 6) is 1.51. The Morgan fingerprint density at radius 3 is 2.05 bits per heavy atom. The predicted molar refractivity (Wildman–Crippen MR) is 81.8 cm³/mol. The summed E-state index contributed by atoms with van der Waals surface area (Å²) in [5, 5.41) is 0. The molecule has 4 rings (SSSR count). The summed E-state index contributed by atoms with van der Waals surface area (Å²) in [7, 11) is 0. The molecule has 2 heteroatoms. The highest BCUT2D eigenvalue weighted by atomic mass is 16.5. The Morgan fingerprint density at radius 1 is 0.571 bits per heavy atom. The largest absolute Gasteiger partial charge is 0.457 e. The molecule has 3 aromatic rings. The van der Waals surface area contributed by atoms with E-state index in [1.807, 2.05) is 72.8 Å². The summed E-state index contributed by atoms with van der Waals surface area (Å²) < 4.78 is 5.80. The van der Waals surface area contributed by atoms with Crippen LogP contribution in [-0.2, 0) is 0 Å². The van der Waals surface area contributed by atoms with Gasteiger partial charge in [0.05, 0.1) is 0 Å². The monoisotopic (exact) mass is 272 g/mol. The molecule has 0 saturated carbocycles. The van der Waals surface area contributed by atoms with Crippen molar-refractivity contribution in [3.05, 3.63) is 83.9 Å². The van der Waals surface area contributed by atoms with Gasteiger partial charge in [-0.25, -0.2) is 0 Å². The van der Waals surface area contributed by atoms with Gasteiger partial charge in [-0.2, -0.15) is 0 Å². The van der Waals surface area contributed by atoms with Crippen LogP contribution in [0.4, 0.5) is 0 Å². The number of ether oxygens (including phenoxy) is 1. The zero-order valence-corrected chi connectivity index (χ0v) is 11.2. The van der Waals surface area contributed by atoms with Gasteiger partial charge < -0.3 is 4.74 Å². The van der Waals surface area contributed by atoms with E-state index in [4.69, 9.17) is 4.74 Å². The molecule has 0 bridgehead atoms. The van der Waals surface area contributed by atoms with Crippen LogP contribution >= 0.6 is 0 Å². The van der Waals surface area contributed by atoms with Crippen LogP contribution in [0.5, 0.6) is 11.5 Å². The summed E-state index contributed by atoms with van der Waals surface area (Å²) in [6.07, 6.45) is 0. The molecule has 0 spiro atoms. The Balaban J connectivity index is 1.75. The number of benzene rings is 3. The molecule has 1 aliphatic rings. The maximum Gasteiger partial charge on any atom is 0.194 e. The van der Waals surface area contributed by atoms with Gasteiger partial charge in [-0.15, -0.1) is 0 Å². The summed E-state index contributed by atoms with van der Waals surface area (Å²) in [4.78, 5) is 12.4. The molecule has 0 fully saturated rings. The maximum atomic E-state index is 12.4. The van der Waals surface area contributed by atoms with Crippen molar-refractivity contribution in [2.45, 2.75) is 0 Å². The van der Waals surface area contributed by atoms with Gasteiger partial charge >= 0.3 is 0 Å². The number of carbonyl (C=O) groups excluding carboxylic acids is 1. The normalized spacial score (nSPS) is 11.9. The third-order valence-electron chi connectivity index (χ3n) is 3.68. The molecule has 0 radical (unpaired) electrons. The molecule has 0 unspecified atom stereocenters. The van der Waals surface area contributed by atoms with Crippen LogP contribution in [-0.4, -0.2) is 5.78 Å². The van der Waals surface area contributed by atoms with Gasteiger partial charge in [0, 0.05) is 11.1 Å². The third kappa shape index (κ3) is 1.93. The molecule has 2 nitrogen and oxygen atoms in total. The summed E-state index contributed by atoms with van der Waals surface area (Å²) in [6.45, 7) is 0. The molecule has 0 amide bonds. The molecule has 21 heavy (non-hydrogen) atoms. The van der Waals surface area contributed by atoms with Crippen LogP contribution < -0.4 is 4.74 Å². The lowest BCUT2D eigenvalue weighted by atomic mass is 10.1. The average Bonchev–Trinajstić information content (AvgIpc) is 2.82. The Bertz CT molecular complexity index is 835. The molecular weight excluding hydrogens is 260 g/mol. The van der Waals surface area contributed by atoms with Crippen molar-refractivity contribution in [1.29, 1.82) is 0 Å². The highest BCUT2D eigenvalue weighted by Gasteiger charge is 2.26. The van der Waals surface area contributed by atoms with E-state index in [-0.39, 0.29) is 5.78 Å². The van der Waals surface area contributed by atoms with Crippen molar-refractivity contribution >= 4 is 5.78 Å². The van der Waals surface area contributed by atoms with Crippen molar-refractivity contribution < 1.29 is 9.53 Å². The Labute approximate surface area is 122 Å². The molecule has 0 saturated heterocycles. The fourth-order valence-corrected chi connectivity index (χ4v) is 2.70. The third-order valence-corrected chi connectivity index (χ3v) is 3.68. The van der Waals surface area contributed by atoms with Crippen molar-refractivity contribution in [3.8, 4) is 22.6 Å². The predicted octanol–water partition coefficient (Wildman–Crippen LogP) is 4.69. The van der Waals surface area contributed by atoms with Gasteiger partial charge in [-0.05, 0) is 41.5 Å². The van der Waals surface area contributed by atoms with Crippen molar-refractivity contribution in [2.75, 3.05) is 0 Å². The van der Waals surface area contributed by atoms with Gasteiger partial charge in [0.2, 0.25) is 0 Å². The minimum Gasteiger partial charge on any atom is -0.457 e. The fraction of sp³-hybridized carbons (Fsp3) is 0. The lowest BCUT2D eigenvalue weighted by Gasteiger charge is -2.07. The smallest absolute Gasteiger partial charge is 0.194 e. The average molecular weight is 272 g/mol. The van der Waals surface area contributed by atoms with Gasteiger partial charge in [-0.3, -0.25) is 4.79 Å². The molecule has 0 aromatic heterocycles. The van der Waals surface area contributed by atoms with E-state index in [1.165, 1.54) is 0 Å². The topological polar surface area (TPSA) is 26.3 Å². The molecule has 0 aliphatic heterocycles. The first-order chi connectivity index (χ1) is 10.3. The molecule has 0 heterocycles. The van der Waals surface area contributed by atoms with Gasteiger partial charge in [0.15, 0.2) is 5.78 Å². The zero-order valence-electron chi connectivity index (χ0n) is 11.2. The van der Waals surface area contributed by atoms with Crippen LogP contribution in [0.25, 0.3) is 11.1 Å². The van der Waals surface area contributed by atoms with E-state index >= 15 is 0 Å². The van der Waals surface area contributed by atoms with E-state index in [9.17, 15) is 4.79 Å². The van der Waals surface area contributed by atoms with Gasteiger partial charge in [0.25, 0.3) is 0 Å². The Morgan fingerprint density at radius 2 is 1.24 bits per heavy atom. The second-order valence-corrected chi connectivity index (χ2v) is 5.00. The molecule has 100 valence electrons. The lowest BCUT2D eigenvalue weighted by molar-refractivity contribution is 0.104. The standard InChI is InChI=1S/C19H12O2/c20-19-17-9-5-4-8-15(17)16-11-10-14(12-18(16)19)21-13-6-2-1-3-7-13/h1-12H. The van der Waals surface area contributed by atoms with E-state index in [0.29, 0.717) is 11.3 Å².